The van der Waals surface area contributed by atoms with E-state index < -0.39 is 5.60 Å². The Bertz CT molecular complexity index is 901. The van der Waals surface area contributed by atoms with Crippen molar-refractivity contribution in [3.63, 3.8) is 0 Å². The summed E-state index contributed by atoms with van der Waals surface area (Å²) in [6, 6.07) is 16.5. The molecule has 1 fully saturated rings. The molecule has 0 amide bonds. The molecule has 0 bridgehead atoms. The Hall–Kier alpha value is -2.39. The van der Waals surface area contributed by atoms with Crippen LogP contribution in [-0.4, -0.2) is 23.8 Å². The molecule has 146 valence electrons. The van der Waals surface area contributed by atoms with Gasteiger partial charge in [-0.15, -0.1) is 0 Å². The zero-order chi connectivity index (χ0) is 19.8. The number of carbonyl (C=O) groups is 1. The zero-order valence-electron chi connectivity index (χ0n) is 16.7. The van der Waals surface area contributed by atoms with Gasteiger partial charge in [-0.1, -0.05) is 55.5 Å². The molecular weight excluding hydrogens is 348 g/mol. The molecule has 3 unspecified atom stereocenters. The van der Waals surface area contributed by atoms with Crippen molar-refractivity contribution < 1.29 is 14.6 Å². The first-order chi connectivity index (χ1) is 13.5. The van der Waals surface area contributed by atoms with E-state index in [1.54, 1.807) is 0 Å². The predicted molar refractivity (Wildman–Crippen MR) is 111 cm³/mol. The van der Waals surface area contributed by atoms with Crippen molar-refractivity contribution in [1.82, 2.24) is 0 Å². The summed E-state index contributed by atoms with van der Waals surface area (Å²) in [5.74, 6) is -0.0256. The fourth-order valence-corrected chi connectivity index (χ4v) is 5.15. The molecule has 2 aromatic carbocycles. The van der Waals surface area contributed by atoms with Crippen molar-refractivity contribution >= 4 is 12.0 Å². The van der Waals surface area contributed by atoms with Crippen molar-refractivity contribution in [3.8, 4) is 0 Å². The lowest BCUT2D eigenvalue weighted by molar-refractivity contribution is -0.0379. The summed E-state index contributed by atoms with van der Waals surface area (Å²) < 4.78 is 4.90. The molecule has 3 nitrogen and oxygen atoms in total. The van der Waals surface area contributed by atoms with Gasteiger partial charge in [-0.3, -0.25) is 0 Å². The number of fused-ring (bicyclic) bond motifs is 3. The monoisotopic (exact) mass is 376 g/mol. The number of methoxy groups -OCH3 is 1. The van der Waals surface area contributed by atoms with Crippen LogP contribution >= 0.6 is 0 Å². The van der Waals surface area contributed by atoms with Gasteiger partial charge in [0, 0.05) is 5.41 Å². The Balaban J connectivity index is 1.80. The summed E-state index contributed by atoms with van der Waals surface area (Å²) in [5, 5.41) is 11.0. The van der Waals surface area contributed by atoms with Crippen molar-refractivity contribution in [2.24, 2.45) is 5.92 Å². The van der Waals surface area contributed by atoms with Gasteiger partial charge < -0.3 is 9.84 Å². The van der Waals surface area contributed by atoms with Crippen LogP contribution in [0.5, 0.6) is 0 Å². The highest BCUT2D eigenvalue weighted by Crippen LogP contribution is 2.53. The summed E-state index contributed by atoms with van der Waals surface area (Å²) in [6.07, 6.45) is 8.62. The SMILES string of the molecule is CCC1(O)CCC2(Cc3ccccc3)c3ccc(C(=O)OC)cc3C=CC2C1. The summed E-state index contributed by atoms with van der Waals surface area (Å²) in [7, 11) is 1.41. The third kappa shape index (κ3) is 3.18. The number of carbonyl (C=O) groups excluding carboxylic acids is 1. The van der Waals surface area contributed by atoms with Crippen molar-refractivity contribution in [2.45, 2.75) is 50.0 Å². The number of benzene rings is 2. The van der Waals surface area contributed by atoms with Gasteiger partial charge in [-0.05, 0) is 66.8 Å². The maximum absolute atomic E-state index is 12.0. The lowest BCUT2D eigenvalue weighted by Gasteiger charge is -2.51. The fraction of sp³-hybridized carbons (Fsp3) is 0.400. The summed E-state index contributed by atoms with van der Waals surface area (Å²) >= 11 is 0. The number of hydrogen-bond acceptors (Lipinski definition) is 3. The molecule has 0 saturated heterocycles. The highest BCUT2D eigenvalue weighted by molar-refractivity contribution is 5.90. The zero-order valence-corrected chi connectivity index (χ0v) is 16.7. The van der Waals surface area contributed by atoms with Crippen molar-refractivity contribution in [2.75, 3.05) is 7.11 Å². The van der Waals surface area contributed by atoms with Gasteiger partial charge in [-0.2, -0.15) is 0 Å². The number of rotatable bonds is 4. The van der Waals surface area contributed by atoms with Gasteiger partial charge in [0.2, 0.25) is 0 Å². The van der Waals surface area contributed by atoms with Gasteiger partial charge in [-0.25, -0.2) is 4.79 Å². The minimum atomic E-state index is -0.585. The topological polar surface area (TPSA) is 46.5 Å². The van der Waals surface area contributed by atoms with Crippen LogP contribution in [0.4, 0.5) is 0 Å². The molecule has 2 aromatic rings. The van der Waals surface area contributed by atoms with E-state index >= 15 is 0 Å². The molecule has 28 heavy (non-hydrogen) atoms. The molecule has 2 aliphatic carbocycles. The number of ether oxygens (including phenoxy) is 1. The second-order valence-electron chi connectivity index (χ2n) is 8.36. The first-order valence-electron chi connectivity index (χ1n) is 10.2. The lowest BCUT2D eigenvalue weighted by Crippen LogP contribution is -2.49. The third-order valence-electron chi connectivity index (χ3n) is 6.88. The highest BCUT2D eigenvalue weighted by Gasteiger charge is 2.49. The quantitative estimate of drug-likeness (QED) is 0.770. The molecule has 3 atom stereocenters. The first kappa shape index (κ1) is 18.9. The number of esters is 1. The summed E-state index contributed by atoms with van der Waals surface area (Å²) in [4.78, 5) is 12.0. The Morgan fingerprint density at radius 1 is 1.18 bits per heavy atom. The maximum Gasteiger partial charge on any atom is 0.337 e. The number of allylic oxidation sites excluding steroid dienone is 1. The molecule has 1 N–H and O–H groups in total. The van der Waals surface area contributed by atoms with Crippen LogP contribution in [0.15, 0.2) is 54.6 Å². The van der Waals surface area contributed by atoms with E-state index in [0.717, 1.165) is 37.7 Å². The molecular formula is C25H28O3. The predicted octanol–water partition coefficient (Wildman–Crippen LogP) is 4.92. The minimum Gasteiger partial charge on any atom is -0.465 e. The van der Waals surface area contributed by atoms with Crippen LogP contribution in [-0.2, 0) is 16.6 Å². The Labute approximate surface area is 167 Å². The van der Waals surface area contributed by atoms with Crippen LogP contribution in [0.1, 0.15) is 59.7 Å². The molecule has 0 spiro atoms. The Kier molecular flexibility index (Phi) is 4.88. The lowest BCUT2D eigenvalue weighted by atomic mass is 9.54. The number of hydrogen-bond donors (Lipinski definition) is 1. The van der Waals surface area contributed by atoms with Crippen LogP contribution < -0.4 is 0 Å². The average molecular weight is 376 g/mol. The van der Waals surface area contributed by atoms with Gasteiger partial charge in [0.15, 0.2) is 0 Å². The average Bonchev–Trinajstić information content (AvgIpc) is 2.74. The second kappa shape index (κ2) is 7.21. The molecule has 0 radical (unpaired) electrons. The Morgan fingerprint density at radius 2 is 1.96 bits per heavy atom. The van der Waals surface area contributed by atoms with E-state index in [4.69, 9.17) is 4.74 Å². The van der Waals surface area contributed by atoms with Crippen molar-refractivity contribution in [3.05, 3.63) is 76.9 Å². The standard InChI is InChI=1S/C25H28O3/c1-3-24(27)13-14-25(16-18-7-5-4-6-8-18)21(17-24)11-9-19-15-20(23(26)28-2)10-12-22(19)25/h4-12,15,21,27H,3,13-14,16-17H2,1-2H3. The Morgan fingerprint density at radius 3 is 2.68 bits per heavy atom. The van der Waals surface area contributed by atoms with Crippen LogP contribution in [0.2, 0.25) is 0 Å². The molecule has 1 saturated carbocycles. The number of aliphatic hydroxyl groups is 1. The maximum atomic E-state index is 12.0. The molecule has 4 rings (SSSR count). The molecule has 0 aromatic heterocycles. The van der Waals surface area contributed by atoms with Crippen molar-refractivity contribution in [1.29, 1.82) is 0 Å². The molecule has 0 heterocycles. The van der Waals surface area contributed by atoms with E-state index in [9.17, 15) is 9.90 Å². The normalized spacial score (nSPS) is 28.3. The second-order valence-corrected chi connectivity index (χ2v) is 8.36. The van der Waals surface area contributed by atoms with E-state index in [-0.39, 0.29) is 17.3 Å². The van der Waals surface area contributed by atoms with Gasteiger partial charge in [0.25, 0.3) is 0 Å². The summed E-state index contributed by atoms with van der Waals surface area (Å²) in [5.41, 5.74) is 3.64. The molecule has 2 aliphatic rings. The highest BCUT2D eigenvalue weighted by atomic mass is 16.5. The van der Waals surface area contributed by atoms with E-state index in [1.807, 2.05) is 18.2 Å². The smallest absolute Gasteiger partial charge is 0.337 e. The van der Waals surface area contributed by atoms with Crippen LogP contribution in [0, 0.1) is 5.92 Å². The van der Waals surface area contributed by atoms with Crippen LogP contribution in [0.3, 0.4) is 0 Å². The summed E-state index contributed by atoms with van der Waals surface area (Å²) in [6.45, 7) is 2.08. The van der Waals surface area contributed by atoms with Crippen LogP contribution in [0.25, 0.3) is 6.08 Å². The van der Waals surface area contributed by atoms with Gasteiger partial charge >= 0.3 is 5.97 Å². The molecule has 3 heteroatoms. The third-order valence-corrected chi connectivity index (χ3v) is 6.88. The molecule has 0 aliphatic heterocycles. The van der Waals surface area contributed by atoms with E-state index in [0.29, 0.717) is 5.56 Å². The van der Waals surface area contributed by atoms with Gasteiger partial charge in [0.1, 0.15) is 0 Å². The van der Waals surface area contributed by atoms with E-state index in [1.165, 1.54) is 18.2 Å². The minimum absolute atomic E-state index is 0.0541. The van der Waals surface area contributed by atoms with E-state index in [2.05, 4.69) is 49.4 Å². The fourth-order valence-electron chi connectivity index (χ4n) is 5.15. The van der Waals surface area contributed by atoms with Gasteiger partial charge in [0.05, 0.1) is 18.3 Å². The first-order valence-corrected chi connectivity index (χ1v) is 10.2. The largest absolute Gasteiger partial charge is 0.465 e.